The van der Waals surface area contributed by atoms with Crippen molar-refractivity contribution in [3.8, 4) is 11.5 Å². The molecule has 120 valence electrons. The zero-order chi connectivity index (χ0) is 16.6. The van der Waals surface area contributed by atoms with Crippen LogP contribution in [0.25, 0.3) is 6.08 Å². The van der Waals surface area contributed by atoms with Gasteiger partial charge in [-0.1, -0.05) is 35.6 Å². The van der Waals surface area contributed by atoms with Crippen LogP contribution in [0.5, 0.6) is 11.5 Å². The predicted octanol–water partition coefficient (Wildman–Crippen LogP) is 1.06. The number of carbonyl (C=O) groups is 2. The van der Waals surface area contributed by atoms with Gasteiger partial charge in [0, 0.05) is 0 Å². The van der Waals surface area contributed by atoms with E-state index in [0.717, 1.165) is 16.7 Å². The number of halogens is 1. The third-order valence-electron chi connectivity index (χ3n) is 3.08. The molecule has 2 aliphatic rings. The van der Waals surface area contributed by atoms with Gasteiger partial charge in [-0.05, 0) is 23.8 Å². The van der Waals surface area contributed by atoms with Crippen LogP contribution < -0.4 is 14.6 Å². The number of nitrogens with zero attached hydrogens (tertiary/aromatic N) is 1. The van der Waals surface area contributed by atoms with Crippen LogP contribution in [-0.2, 0) is 9.59 Å². The predicted molar refractivity (Wildman–Crippen MR) is 87.3 cm³/mol. The number of hydrogen-bond acceptors (Lipinski definition) is 7. The summed E-state index contributed by atoms with van der Waals surface area (Å²) >= 11 is 12.2. The summed E-state index contributed by atoms with van der Waals surface area (Å²) in [4.78, 5) is 24.2. The molecule has 1 aromatic rings. The highest BCUT2D eigenvalue weighted by Gasteiger charge is 2.32. The van der Waals surface area contributed by atoms with Gasteiger partial charge in [0.1, 0.15) is 17.5 Å². The molecule has 0 aromatic heterocycles. The minimum absolute atomic E-state index is 0.175. The molecule has 23 heavy (non-hydrogen) atoms. The molecule has 2 heterocycles. The van der Waals surface area contributed by atoms with E-state index < -0.39 is 18.4 Å². The molecule has 0 bridgehead atoms. The molecule has 0 atom stereocenters. The second-order valence-electron chi connectivity index (χ2n) is 4.67. The molecule has 1 fully saturated rings. The molecular formula is C14H9ClNO5S2-. The lowest BCUT2D eigenvalue weighted by Crippen LogP contribution is -2.40. The summed E-state index contributed by atoms with van der Waals surface area (Å²) in [5, 5.41) is 11.0. The van der Waals surface area contributed by atoms with E-state index in [1.807, 2.05) is 0 Å². The Morgan fingerprint density at radius 3 is 2.91 bits per heavy atom. The summed E-state index contributed by atoms with van der Waals surface area (Å²) in [7, 11) is 0. The molecule has 0 unspecified atom stereocenters. The minimum atomic E-state index is -1.37. The maximum Gasteiger partial charge on any atom is 0.266 e. The lowest BCUT2D eigenvalue weighted by molar-refractivity contribution is -0.305. The van der Waals surface area contributed by atoms with Gasteiger partial charge in [0.2, 0.25) is 0 Å². The number of ether oxygens (including phenoxy) is 2. The number of rotatable bonds is 3. The molecule has 0 aliphatic carbocycles. The van der Waals surface area contributed by atoms with Crippen molar-refractivity contribution < 1.29 is 24.2 Å². The van der Waals surface area contributed by atoms with E-state index in [-0.39, 0.29) is 4.32 Å². The van der Waals surface area contributed by atoms with Gasteiger partial charge in [-0.25, -0.2) is 0 Å². The molecule has 0 radical (unpaired) electrons. The van der Waals surface area contributed by atoms with E-state index in [0.29, 0.717) is 40.2 Å². The lowest BCUT2D eigenvalue weighted by Gasteiger charge is -2.19. The van der Waals surface area contributed by atoms with Crippen LogP contribution in [-0.4, -0.2) is 40.9 Å². The highest BCUT2D eigenvalue weighted by molar-refractivity contribution is 8.26. The van der Waals surface area contributed by atoms with Gasteiger partial charge in [0.15, 0.2) is 11.5 Å². The standard InChI is InChI=1S/C14H10ClNO5S2/c15-8-3-7(4-9-12(8)21-2-1-20-9)5-10-13(19)16(6-11(17)18)14(22)23-10/h3-5H,1-2,6H2,(H,17,18)/p-1/b10-5+. The first-order valence-electron chi connectivity index (χ1n) is 6.50. The SMILES string of the molecule is O=C([O-])CN1C(=O)/C(=C\c2cc(Cl)c3c(c2)OCCO3)SC1=S. The molecule has 0 spiro atoms. The average molecular weight is 371 g/mol. The van der Waals surface area contributed by atoms with E-state index >= 15 is 0 Å². The number of fused-ring (bicyclic) bond motifs is 1. The van der Waals surface area contributed by atoms with Crippen molar-refractivity contribution in [3.05, 3.63) is 27.6 Å². The number of aliphatic carboxylic acids is 1. The van der Waals surface area contributed by atoms with Crippen molar-refractivity contribution in [1.82, 2.24) is 4.90 Å². The van der Waals surface area contributed by atoms with Gasteiger partial charge in [0.25, 0.3) is 5.91 Å². The fourth-order valence-electron chi connectivity index (χ4n) is 2.13. The van der Waals surface area contributed by atoms with E-state index in [4.69, 9.17) is 33.3 Å². The number of carboxylic acids is 1. The summed E-state index contributed by atoms with van der Waals surface area (Å²) in [6.07, 6.45) is 1.58. The number of benzene rings is 1. The normalized spacial score (nSPS) is 18.7. The van der Waals surface area contributed by atoms with Crippen molar-refractivity contribution in [3.63, 3.8) is 0 Å². The van der Waals surface area contributed by atoms with Crippen LogP contribution in [0.3, 0.4) is 0 Å². The molecule has 1 aromatic carbocycles. The zero-order valence-corrected chi connectivity index (χ0v) is 13.9. The van der Waals surface area contributed by atoms with Crippen LogP contribution in [0.4, 0.5) is 0 Å². The summed E-state index contributed by atoms with van der Waals surface area (Å²) in [5.41, 5.74) is 0.633. The van der Waals surface area contributed by atoms with Crippen molar-refractivity contribution in [2.24, 2.45) is 0 Å². The monoisotopic (exact) mass is 370 g/mol. The van der Waals surface area contributed by atoms with Crippen LogP contribution in [0.15, 0.2) is 17.0 Å². The van der Waals surface area contributed by atoms with Crippen molar-refractivity contribution in [2.45, 2.75) is 0 Å². The van der Waals surface area contributed by atoms with Gasteiger partial charge in [-0.3, -0.25) is 9.69 Å². The maximum absolute atomic E-state index is 12.2. The fourth-order valence-corrected chi connectivity index (χ4v) is 3.66. The first kappa shape index (κ1) is 16.1. The number of thiocarbonyl (C=S) groups is 1. The summed E-state index contributed by atoms with van der Waals surface area (Å²) < 4.78 is 11.1. The van der Waals surface area contributed by atoms with Crippen molar-refractivity contribution in [1.29, 1.82) is 0 Å². The van der Waals surface area contributed by atoms with Crippen LogP contribution >= 0.6 is 35.6 Å². The number of carbonyl (C=O) groups excluding carboxylic acids is 2. The molecule has 0 N–H and O–H groups in total. The Balaban J connectivity index is 1.90. The second kappa shape index (κ2) is 6.38. The van der Waals surface area contributed by atoms with E-state index in [9.17, 15) is 14.7 Å². The molecule has 2 aliphatic heterocycles. The van der Waals surface area contributed by atoms with Crippen LogP contribution in [0.1, 0.15) is 5.56 Å². The Labute approximate surface area is 146 Å². The Kier molecular flexibility index (Phi) is 4.47. The fraction of sp³-hybridized carbons (Fsp3) is 0.214. The number of amides is 1. The largest absolute Gasteiger partial charge is 0.548 e. The van der Waals surface area contributed by atoms with Crippen LogP contribution in [0, 0.1) is 0 Å². The third kappa shape index (κ3) is 3.29. The summed E-state index contributed by atoms with van der Waals surface area (Å²) in [6.45, 7) is 0.276. The first-order valence-corrected chi connectivity index (χ1v) is 8.10. The Morgan fingerprint density at radius 2 is 2.17 bits per heavy atom. The van der Waals surface area contributed by atoms with Gasteiger partial charge < -0.3 is 19.4 Å². The maximum atomic E-state index is 12.2. The Morgan fingerprint density at radius 1 is 1.43 bits per heavy atom. The highest BCUT2D eigenvalue weighted by atomic mass is 35.5. The average Bonchev–Trinajstić information content (AvgIpc) is 2.74. The van der Waals surface area contributed by atoms with Crippen molar-refractivity contribution in [2.75, 3.05) is 19.8 Å². The number of hydrogen-bond donors (Lipinski definition) is 0. The number of carboxylic acid groups (broad SMARTS) is 1. The second-order valence-corrected chi connectivity index (χ2v) is 6.75. The van der Waals surface area contributed by atoms with E-state index in [2.05, 4.69) is 0 Å². The zero-order valence-electron chi connectivity index (χ0n) is 11.5. The van der Waals surface area contributed by atoms with Gasteiger partial charge in [-0.15, -0.1) is 0 Å². The summed E-state index contributed by atoms with van der Waals surface area (Å²) in [5.74, 6) is -0.875. The van der Waals surface area contributed by atoms with Crippen LogP contribution in [0.2, 0.25) is 5.02 Å². The molecule has 6 nitrogen and oxygen atoms in total. The van der Waals surface area contributed by atoms with Gasteiger partial charge in [-0.2, -0.15) is 0 Å². The first-order chi connectivity index (χ1) is 11.0. The Bertz CT molecular complexity index is 749. The number of thioether (sulfide) groups is 1. The Hall–Kier alpha value is -1.77. The molecular weight excluding hydrogens is 362 g/mol. The molecule has 0 saturated carbocycles. The lowest BCUT2D eigenvalue weighted by atomic mass is 10.1. The van der Waals surface area contributed by atoms with Gasteiger partial charge >= 0.3 is 0 Å². The highest BCUT2D eigenvalue weighted by Crippen LogP contribution is 2.40. The molecule has 1 saturated heterocycles. The van der Waals surface area contributed by atoms with E-state index in [1.165, 1.54) is 0 Å². The minimum Gasteiger partial charge on any atom is -0.548 e. The molecule has 1 amide bonds. The quantitative estimate of drug-likeness (QED) is 0.581. The van der Waals surface area contributed by atoms with Gasteiger partial charge in [0.05, 0.1) is 22.4 Å². The topological polar surface area (TPSA) is 78.9 Å². The van der Waals surface area contributed by atoms with E-state index in [1.54, 1.807) is 18.2 Å². The molecule has 3 rings (SSSR count). The summed E-state index contributed by atoms with van der Waals surface area (Å²) in [6, 6.07) is 3.34. The van der Waals surface area contributed by atoms with Crippen molar-refractivity contribution >= 4 is 57.9 Å². The third-order valence-corrected chi connectivity index (χ3v) is 4.74. The smallest absolute Gasteiger partial charge is 0.266 e. The molecule has 9 heteroatoms.